The van der Waals surface area contributed by atoms with E-state index in [0.717, 1.165) is 15.6 Å². The first kappa shape index (κ1) is 29.6. The summed E-state index contributed by atoms with van der Waals surface area (Å²) < 4.78 is 7.64. The summed E-state index contributed by atoms with van der Waals surface area (Å²) in [5, 5.41) is 11.3. The van der Waals surface area contributed by atoms with Crippen molar-refractivity contribution in [3.05, 3.63) is 97.7 Å². The summed E-state index contributed by atoms with van der Waals surface area (Å²) in [6.07, 6.45) is 2.84. The Labute approximate surface area is 237 Å². The van der Waals surface area contributed by atoms with Gasteiger partial charge in [-0.1, -0.05) is 85.0 Å². The quantitative estimate of drug-likeness (QED) is 0.319. The van der Waals surface area contributed by atoms with Crippen molar-refractivity contribution in [2.45, 2.75) is 71.4 Å². The summed E-state index contributed by atoms with van der Waals surface area (Å²) in [6, 6.07) is 16.6. The smallest absolute Gasteiger partial charge is 0.257 e. The van der Waals surface area contributed by atoms with E-state index in [1.165, 1.54) is 0 Å². The van der Waals surface area contributed by atoms with Crippen LogP contribution in [0.5, 0.6) is 0 Å². The van der Waals surface area contributed by atoms with Crippen LogP contribution in [0.4, 0.5) is 0 Å². The molecular formula is C29H33BrCl2N2O3. The monoisotopic (exact) mass is 606 g/mol. The van der Waals surface area contributed by atoms with E-state index in [-0.39, 0.29) is 18.6 Å². The highest BCUT2D eigenvalue weighted by Gasteiger charge is 2.54. The third kappa shape index (κ3) is 6.21. The molecule has 2 aliphatic rings. The van der Waals surface area contributed by atoms with Gasteiger partial charge in [0, 0.05) is 32.4 Å². The molecular weight excluding hydrogens is 575 g/mol. The molecule has 2 aromatic carbocycles. The van der Waals surface area contributed by atoms with E-state index in [4.69, 9.17) is 27.9 Å². The number of aliphatic hydroxyl groups excluding tert-OH is 1. The van der Waals surface area contributed by atoms with Crippen molar-refractivity contribution in [3.8, 4) is 0 Å². The van der Waals surface area contributed by atoms with Crippen LogP contribution in [0.15, 0.2) is 65.3 Å². The van der Waals surface area contributed by atoms with E-state index in [9.17, 15) is 9.90 Å². The second kappa shape index (κ2) is 13.2. The fourth-order valence-corrected chi connectivity index (χ4v) is 5.31. The highest BCUT2D eigenvalue weighted by Crippen LogP contribution is 2.48. The van der Waals surface area contributed by atoms with E-state index in [1.807, 2.05) is 58.0 Å². The topological polar surface area (TPSA) is 62.7 Å². The van der Waals surface area contributed by atoms with Gasteiger partial charge in [-0.15, -0.1) is 0 Å². The minimum Gasteiger partial charge on any atom is -0.393 e. The van der Waals surface area contributed by atoms with E-state index in [1.54, 1.807) is 35.4 Å². The molecule has 8 heteroatoms. The zero-order chi connectivity index (χ0) is 27.2. The molecule has 1 amide bonds. The number of benzene rings is 2. The molecule has 3 atom stereocenters. The Morgan fingerprint density at radius 1 is 1.03 bits per heavy atom. The minimum atomic E-state index is -1.19. The summed E-state index contributed by atoms with van der Waals surface area (Å²) in [4.78, 5) is 19.9. The predicted molar refractivity (Wildman–Crippen MR) is 153 cm³/mol. The van der Waals surface area contributed by atoms with Crippen LogP contribution in [-0.2, 0) is 17.0 Å². The fourth-order valence-electron chi connectivity index (χ4n) is 4.72. The number of aromatic nitrogens is 1. The molecule has 1 fully saturated rings. The van der Waals surface area contributed by atoms with Crippen LogP contribution >= 0.6 is 39.1 Å². The fraction of sp³-hybridized carbons (Fsp3) is 0.379. The molecule has 1 saturated carbocycles. The van der Waals surface area contributed by atoms with Gasteiger partial charge in [0.25, 0.3) is 5.91 Å². The van der Waals surface area contributed by atoms with Gasteiger partial charge in [0.2, 0.25) is 0 Å². The second-order valence-corrected chi connectivity index (χ2v) is 10.2. The Balaban J connectivity index is 0.000000907. The van der Waals surface area contributed by atoms with Crippen molar-refractivity contribution in [2.24, 2.45) is 0 Å². The molecule has 1 N–H and O–H groups in total. The van der Waals surface area contributed by atoms with Crippen LogP contribution in [0, 0.1) is 0 Å². The number of ether oxygens (including phenoxy) is 1. The second-order valence-electron chi connectivity index (χ2n) is 8.41. The van der Waals surface area contributed by atoms with Gasteiger partial charge in [0.1, 0.15) is 0 Å². The Morgan fingerprint density at radius 3 is 2.30 bits per heavy atom. The van der Waals surface area contributed by atoms with E-state index in [0.29, 0.717) is 40.6 Å². The number of nitrogens with zero attached hydrogens (tertiary/aromatic N) is 2. The molecule has 5 rings (SSSR count). The first-order chi connectivity index (χ1) is 17.9. The Morgan fingerprint density at radius 2 is 1.70 bits per heavy atom. The van der Waals surface area contributed by atoms with Crippen molar-refractivity contribution in [2.75, 3.05) is 0 Å². The number of hydrogen-bond donors (Lipinski definition) is 1. The van der Waals surface area contributed by atoms with Gasteiger partial charge in [-0.25, -0.2) is 0 Å². The highest BCUT2D eigenvalue weighted by molar-refractivity contribution is 9.10. The van der Waals surface area contributed by atoms with Gasteiger partial charge in [0.05, 0.1) is 29.5 Å². The number of pyridine rings is 1. The van der Waals surface area contributed by atoms with Crippen LogP contribution in [-0.4, -0.2) is 33.1 Å². The van der Waals surface area contributed by atoms with Crippen LogP contribution in [0.2, 0.25) is 10.0 Å². The predicted octanol–water partition coefficient (Wildman–Crippen LogP) is 7.99. The molecule has 0 bridgehead atoms. The summed E-state index contributed by atoms with van der Waals surface area (Å²) in [5.74, 6) is -0.156. The minimum absolute atomic E-state index is 0.156. The molecule has 2 heterocycles. The van der Waals surface area contributed by atoms with Crippen LogP contribution in [0.3, 0.4) is 0 Å². The molecule has 1 aromatic heterocycles. The number of aliphatic hydroxyl groups is 1. The van der Waals surface area contributed by atoms with Gasteiger partial charge in [-0.3, -0.25) is 14.7 Å². The van der Waals surface area contributed by atoms with Crippen LogP contribution in [0.1, 0.15) is 74.1 Å². The van der Waals surface area contributed by atoms with Crippen LogP contribution in [0.25, 0.3) is 0 Å². The summed E-state index contributed by atoms with van der Waals surface area (Å²) in [5.41, 5.74) is 1.61. The molecule has 1 aliphatic carbocycles. The van der Waals surface area contributed by atoms with Gasteiger partial charge in [-0.2, -0.15) is 0 Å². The number of hydrogen-bond acceptors (Lipinski definition) is 4. The largest absolute Gasteiger partial charge is 0.393 e. The first-order valence-corrected chi connectivity index (χ1v) is 14.3. The van der Waals surface area contributed by atoms with Crippen molar-refractivity contribution in [3.63, 3.8) is 0 Å². The number of amides is 1. The molecule has 1 aliphatic heterocycles. The Hall–Kier alpha value is -1.96. The highest BCUT2D eigenvalue weighted by atomic mass is 79.9. The number of rotatable bonds is 5. The molecule has 0 radical (unpaired) electrons. The van der Waals surface area contributed by atoms with Crippen molar-refractivity contribution < 1.29 is 14.6 Å². The third-order valence-corrected chi connectivity index (χ3v) is 7.21. The Bertz CT molecular complexity index is 1190. The normalized spacial score (nSPS) is 22.1. The summed E-state index contributed by atoms with van der Waals surface area (Å²) in [7, 11) is 0. The average Bonchev–Trinajstić information content (AvgIpc) is 3.42. The maximum absolute atomic E-state index is 13.8. The molecule has 5 nitrogen and oxygen atoms in total. The van der Waals surface area contributed by atoms with Crippen molar-refractivity contribution in [1.82, 2.24) is 9.88 Å². The standard InChI is InChI=1S/C25H21BrCl2N2O3.2C2H6/c26-16-3-10-23-22(11-16)24(32)30(14-19-7-6-18(28)13-29-19)25(23,15-1-4-17(27)5-2-15)33-21-9-8-20(31)12-21;2*1-2/h1-7,10-11,13,20-21,31H,8-9,12,14H2;2*1-2H3. The van der Waals surface area contributed by atoms with E-state index < -0.39 is 11.8 Å². The molecule has 3 unspecified atom stereocenters. The number of halogens is 3. The SMILES string of the molecule is CC.CC.O=C1c2cc(Br)ccc2C(OC2CCC(O)C2)(c2ccc(Cl)cc2)N1Cc1ccc(Cl)cn1. The molecule has 0 spiro atoms. The van der Waals surface area contributed by atoms with E-state index in [2.05, 4.69) is 20.9 Å². The number of fused-ring (bicyclic) bond motifs is 1. The molecule has 37 heavy (non-hydrogen) atoms. The lowest BCUT2D eigenvalue weighted by atomic mass is 9.93. The average molecular weight is 608 g/mol. The van der Waals surface area contributed by atoms with E-state index >= 15 is 0 Å². The molecule has 0 saturated heterocycles. The summed E-state index contributed by atoms with van der Waals surface area (Å²) >= 11 is 15.7. The zero-order valence-electron chi connectivity index (χ0n) is 21.5. The summed E-state index contributed by atoms with van der Waals surface area (Å²) in [6.45, 7) is 8.22. The molecule has 3 aromatic rings. The Kier molecular flexibility index (Phi) is 10.6. The third-order valence-electron chi connectivity index (χ3n) is 6.24. The van der Waals surface area contributed by atoms with Gasteiger partial charge < -0.3 is 9.84 Å². The lowest BCUT2D eigenvalue weighted by Crippen LogP contribution is -2.48. The zero-order valence-corrected chi connectivity index (χ0v) is 24.6. The molecule has 198 valence electrons. The lowest BCUT2D eigenvalue weighted by molar-refractivity contribution is -0.147. The maximum Gasteiger partial charge on any atom is 0.257 e. The maximum atomic E-state index is 13.8. The van der Waals surface area contributed by atoms with Crippen LogP contribution < -0.4 is 0 Å². The number of carbonyl (C=O) groups is 1. The van der Waals surface area contributed by atoms with Gasteiger partial charge in [0.15, 0.2) is 5.72 Å². The lowest BCUT2D eigenvalue weighted by Gasteiger charge is -2.41. The number of carbonyl (C=O) groups excluding carboxylic acids is 1. The van der Waals surface area contributed by atoms with Crippen molar-refractivity contribution in [1.29, 1.82) is 0 Å². The van der Waals surface area contributed by atoms with Crippen molar-refractivity contribution >= 4 is 45.0 Å². The first-order valence-electron chi connectivity index (χ1n) is 12.7. The van der Waals surface area contributed by atoms with Gasteiger partial charge in [-0.05, 0) is 55.7 Å². The van der Waals surface area contributed by atoms with Gasteiger partial charge >= 0.3 is 0 Å².